The van der Waals surface area contributed by atoms with Gasteiger partial charge in [0.2, 0.25) is 11.8 Å². The summed E-state index contributed by atoms with van der Waals surface area (Å²) in [6.07, 6.45) is 29.8. The van der Waals surface area contributed by atoms with Gasteiger partial charge in [-0.15, -0.1) is 26.3 Å². The standard InChI is InChI=1S/2C7H12.C6H11NO.C6H10O2.2C6H10.C5H9NO.C5H8O2.C4H8O.2C4H8.C2H4.CH4/c1-5-7(4)6(2)3;1-3-5-7-6-4-2;1-4-7-6(8)5(2)3;1-4-8-6(7)5(2)3;1-4-6(3)5-2;1-3-5-6-4-2;1-3-5(7)6-4-2;1-3-5(6)7-4-2;1-3-5-4-2;2*1-3-4-2;1-2;/h2,4-5H2,1,3H3;3,5-7H,4H2,1-2H3;2,4H2,1,3H3,(H,7,8);2,4H2,1,3H3;4H,1,3,5H2,2H3;3,5-6H,1,4H2,2H3;3H,1,4H2,2H3,(H,6,7);3H,1,4H2,2H3;3H,1,4H2,2H3;2*3H,1,4H2,2H3;1-2H2;1H4/b;5-3+,7-6+;;;;6-5+;;;;;;;. The van der Waals surface area contributed by atoms with Crippen molar-refractivity contribution in [3.05, 3.63) is 199 Å². The maximum atomic E-state index is 10.5. The number of likely N-dealkylation sites (N-methyl/N-ethyl adjacent to an activating group) is 2. The number of amides is 2. The fraction of sp³-hybridized carbons (Fsp3) is 0.429. The first-order chi connectivity index (χ1) is 33.5. The highest BCUT2D eigenvalue weighted by molar-refractivity contribution is 5.92. The van der Waals surface area contributed by atoms with E-state index in [-0.39, 0.29) is 31.2 Å². The van der Waals surface area contributed by atoms with Crippen molar-refractivity contribution in [2.45, 2.75) is 150 Å². The summed E-state index contributed by atoms with van der Waals surface area (Å²) in [6.45, 7) is 79.7. The number of hydrogen-bond donors (Lipinski definition) is 2. The van der Waals surface area contributed by atoms with Crippen molar-refractivity contribution in [3.63, 3.8) is 0 Å². The average Bonchev–Trinajstić information content (AvgIpc) is 3.37. The fourth-order valence-corrected chi connectivity index (χ4v) is 2.14. The van der Waals surface area contributed by atoms with Gasteiger partial charge in [-0.25, -0.2) is 9.59 Å². The van der Waals surface area contributed by atoms with Gasteiger partial charge in [-0.1, -0.05) is 192 Å². The lowest BCUT2D eigenvalue weighted by Gasteiger charge is -1.97. The number of esters is 2. The van der Waals surface area contributed by atoms with Gasteiger partial charge in [0.1, 0.15) is 0 Å². The number of allylic oxidation sites excluding steroid dienone is 13. The summed E-state index contributed by atoms with van der Waals surface area (Å²) in [6, 6.07) is 0. The van der Waals surface area contributed by atoms with Crippen LogP contribution in [0.25, 0.3) is 0 Å². The Bertz CT molecular complexity index is 1370. The van der Waals surface area contributed by atoms with E-state index in [1.165, 1.54) is 12.3 Å². The largest absolute Gasteiger partial charge is 0.502 e. The first kappa shape index (κ1) is 98.9. The number of carbonyl (C=O) groups is 4. The molecule has 0 aromatic carbocycles. The first-order valence-electron chi connectivity index (χ1n) is 24.1. The molecule has 418 valence electrons. The molecule has 0 aliphatic heterocycles. The molecule has 72 heavy (non-hydrogen) atoms. The second kappa shape index (κ2) is 106. The Morgan fingerprint density at radius 2 is 0.944 bits per heavy atom. The molecule has 0 heterocycles. The van der Waals surface area contributed by atoms with E-state index in [9.17, 15) is 19.2 Å². The van der Waals surface area contributed by atoms with Crippen molar-refractivity contribution >= 4 is 23.8 Å². The molecule has 9 nitrogen and oxygen atoms in total. The van der Waals surface area contributed by atoms with Crippen LogP contribution in [0.5, 0.6) is 0 Å². The molecule has 0 aliphatic carbocycles. The molecule has 0 rings (SSSR count). The normalized spacial score (nSPS) is 7.88. The summed E-state index contributed by atoms with van der Waals surface area (Å²) in [7, 11) is 0. The minimum Gasteiger partial charge on any atom is -0.502 e. The van der Waals surface area contributed by atoms with Gasteiger partial charge < -0.3 is 24.8 Å². The molecule has 0 unspecified atom stereocenters. The van der Waals surface area contributed by atoms with Crippen LogP contribution in [-0.2, 0) is 33.4 Å². The van der Waals surface area contributed by atoms with Gasteiger partial charge in [0, 0.05) is 30.3 Å². The lowest BCUT2D eigenvalue weighted by atomic mass is 10.1. The predicted molar refractivity (Wildman–Crippen MR) is 329 cm³/mol. The van der Waals surface area contributed by atoms with Crippen molar-refractivity contribution in [1.82, 2.24) is 10.6 Å². The molecule has 0 saturated heterocycles. The van der Waals surface area contributed by atoms with E-state index in [1.807, 2.05) is 65.0 Å². The highest BCUT2D eigenvalue weighted by Gasteiger charge is 1.98. The van der Waals surface area contributed by atoms with E-state index in [0.29, 0.717) is 37.4 Å². The first-order valence-corrected chi connectivity index (χ1v) is 24.1. The summed E-state index contributed by atoms with van der Waals surface area (Å²) in [5.41, 5.74) is 4.37. The van der Waals surface area contributed by atoms with Gasteiger partial charge >= 0.3 is 11.9 Å². The van der Waals surface area contributed by atoms with Crippen LogP contribution in [0.1, 0.15) is 150 Å². The number of hydrogen-bond acceptors (Lipinski definition) is 7. The molecule has 0 fully saturated rings. The molecular formula is C63H114N2O7. The number of carbonyl (C=O) groups excluding carboxylic acids is 4. The average molecular weight is 1010 g/mol. The molecule has 9 heteroatoms. The molecule has 0 radical (unpaired) electrons. The van der Waals surface area contributed by atoms with Gasteiger partial charge in [0.05, 0.1) is 26.1 Å². The van der Waals surface area contributed by atoms with Crippen LogP contribution in [0.4, 0.5) is 0 Å². The second-order valence-electron chi connectivity index (χ2n) is 12.6. The van der Waals surface area contributed by atoms with Crippen molar-refractivity contribution in [2.24, 2.45) is 0 Å². The lowest BCUT2D eigenvalue weighted by molar-refractivity contribution is -0.138. The third-order valence-corrected chi connectivity index (χ3v) is 6.16. The molecule has 0 atom stereocenters. The molecule has 0 aromatic heterocycles. The van der Waals surface area contributed by atoms with Crippen LogP contribution in [-0.4, -0.2) is 56.7 Å². The molecule has 0 spiro atoms. The van der Waals surface area contributed by atoms with E-state index in [1.54, 1.807) is 39.8 Å². The van der Waals surface area contributed by atoms with Gasteiger partial charge in [-0.05, 0) is 107 Å². The van der Waals surface area contributed by atoms with Gasteiger partial charge in [-0.3, -0.25) is 9.59 Å². The Labute approximate surface area is 447 Å². The zero-order valence-corrected chi connectivity index (χ0v) is 48.5. The molecular weight excluding hydrogens is 897 g/mol. The van der Waals surface area contributed by atoms with Crippen LogP contribution >= 0.6 is 0 Å². The van der Waals surface area contributed by atoms with Crippen molar-refractivity contribution < 1.29 is 33.4 Å². The van der Waals surface area contributed by atoms with E-state index < -0.39 is 0 Å². The maximum Gasteiger partial charge on any atom is 0.333 e. The Kier molecular flexibility index (Phi) is 146. The predicted octanol–water partition coefficient (Wildman–Crippen LogP) is 18.0. The van der Waals surface area contributed by atoms with Crippen molar-refractivity contribution in [1.29, 1.82) is 0 Å². The molecule has 0 aromatic rings. The highest BCUT2D eigenvalue weighted by atomic mass is 16.5. The Morgan fingerprint density at radius 1 is 0.514 bits per heavy atom. The summed E-state index contributed by atoms with van der Waals surface area (Å²) < 4.78 is 13.6. The molecule has 0 bridgehead atoms. The number of ether oxygens (including phenoxy) is 3. The molecule has 2 N–H and O–H groups in total. The lowest BCUT2D eigenvalue weighted by Crippen LogP contribution is -2.22. The maximum absolute atomic E-state index is 10.5. The van der Waals surface area contributed by atoms with Gasteiger partial charge in [-0.2, -0.15) is 0 Å². The van der Waals surface area contributed by atoms with Crippen LogP contribution in [0.3, 0.4) is 0 Å². The third-order valence-electron chi connectivity index (χ3n) is 6.16. The Balaban J connectivity index is -0.0000000484. The van der Waals surface area contributed by atoms with Crippen molar-refractivity contribution in [2.75, 3.05) is 32.9 Å². The fourth-order valence-electron chi connectivity index (χ4n) is 2.14. The van der Waals surface area contributed by atoms with Crippen LogP contribution < -0.4 is 10.6 Å². The minimum atomic E-state index is -0.359. The summed E-state index contributed by atoms with van der Waals surface area (Å²) in [5, 5.41) is 5.14. The molecule has 0 saturated carbocycles. The van der Waals surface area contributed by atoms with E-state index >= 15 is 0 Å². The third kappa shape index (κ3) is 167. The van der Waals surface area contributed by atoms with Gasteiger partial charge in [0.15, 0.2) is 0 Å². The van der Waals surface area contributed by atoms with Crippen LogP contribution in [0.2, 0.25) is 0 Å². The van der Waals surface area contributed by atoms with E-state index in [0.717, 1.165) is 67.9 Å². The van der Waals surface area contributed by atoms with Crippen molar-refractivity contribution in [3.8, 4) is 0 Å². The molecule has 2 amide bonds. The Hall–Kier alpha value is -6.48. The van der Waals surface area contributed by atoms with E-state index in [2.05, 4.69) is 177 Å². The summed E-state index contributed by atoms with van der Waals surface area (Å²) in [4.78, 5) is 41.2. The van der Waals surface area contributed by atoms with Crippen LogP contribution in [0.15, 0.2) is 199 Å². The topological polar surface area (TPSA) is 120 Å². The van der Waals surface area contributed by atoms with E-state index in [4.69, 9.17) is 0 Å². The monoisotopic (exact) mass is 1010 g/mol. The number of rotatable bonds is 20. The number of nitrogens with one attached hydrogen (secondary N) is 2. The smallest absolute Gasteiger partial charge is 0.333 e. The zero-order chi connectivity index (χ0) is 58.7. The second-order valence-corrected chi connectivity index (χ2v) is 12.6. The highest BCUT2D eigenvalue weighted by Crippen LogP contribution is 2.05. The van der Waals surface area contributed by atoms with Crippen LogP contribution in [0, 0.1) is 0 Å². The Morgan fingerprint density at radius 3 is 1.06 bits per heavy atom. The summed E-state index contributed by atoms with van der Waals surface area (Å²) >= 11 is 0. The quantitative estimate of drug-likeness (QED) is 0.0410. The minimum absolute atomic E-state index is 0. The van der Waals surface area contributed by atoms with Gasteiger partial charge in [0.25, 0.3) is 0 Å². The SMILES string of the molecule is C.C/C=C/C=C/CC.C=C.C=C(C)C(=C)CC.C=C(C)C(=O)NCC.C=C(C)C(=O)OCC.C=C/C=C/CC.C=CC(=C)CC.C=CC(=O)NCC.C=CC(=O)OCC.C=CCC.C=CCC.C=COCC. The molecule has 0 aliphatic rings. The summed E-state index contributed by atoms with van der Waals surface area (Å²) in [5.74, 6) is -0.843. The zero-order valence-electron chi connectivity index (χ0n) is 48.5.